The maximum atomic E-state index is 12.2. The summed E-state index contributed by atoms with van der Waals surface area (Å²) < 4.78 is 15.6. The van der Waals surface area contributed by atoms with E-state index in [9.17, 15) is 14.9 Å². The van der Waals surface area contributed by atoms with Gasteiger partial charge in [-0.25, -0.2) is 5.43 Å². The molecule has 0 saturated heterocycles. The van der Waals surface area contributed by atoms with E-state index in [1.807, 2.05) is 6.92 Å². The van der Waals surface area contributed by atoms with Crippen LogP contribution < -0.4 is 19.6 Å². The Morgan fingerprint density at radius 2 is 1.86 bits per heavy atom. The molecule has 0 aliphatic carbocycles. The highest BCUT2D eigenvalue weighted by Crippen LogP contribution is 2.33. The van der Waals surface area contributed by atoms with Gasteiger partial charge < -0.3 is 14.2 Å². The lowest BCUT2D eigenvalue weighted by Gasteiger charge is -2.08. The predicted molar refractivity (Wildman–Crippen MR) is 103 cm³/mol. The minimum atomic E-state index is -0.573. The number of nitrogens with zero attached hydrogens (tertiary/aromatic N) is 2. The smallest absolute Gasteiger partial charge is 0.311 e. The summed E-state index contributed by atoms with van der Waals surface area (Å²) in [5.74, 6) is 0.628. The fourth-order valence-electron chi connectivity index (χ4n) is 2.30. The van der Waals surface area contributed by atoms with E-state index in [0.717, 1.165) is 6.42 Å². The second kappa shape index (κ2) is 9.91. The van der Waals surface area contributed by atoms with Crippen molar-refractivity contribution < 1.29 is 23.9 Å². The molecule has 2 rings (SSSR count). The van der Waals surface area contributed by atoms with Gasteiger partial charge >= 0.3 is 5.69 Å². The van der Waals surface area contributed by atoms with Crippen molar-refractivity contribution in [2.75, 3.05) is 20.8 Å². The minimum absolute atomic E-state index is 0.0633. The average Bonchev–Trinajstić information content (AvgIpc) is 2.71. The predicted octanol–water partition coefficient (Wildman–Crippen LogP) is 3.16. The first kappa shape index (κ1) is 20.7. The number of benzene rings is 2. The van der Waals surface area contributed by atoms with E-state index in [1.54, 1.807) is 24.3 Å². The molecule has 2 aromatic carbocycles. The molecule has 148 valence electrons. The van der Waals surface area contributed by atoms with Gasteiger partial charge in [0.05, 0.1) is 32.0 Å². The molecule has 0 saturated carbocycles. The van der Waals surface area contributed by atoms with Crippen molar-refractivity contribution in [3.63, 3.8) is 0 Å². The zero-order valence-electron chi connectivity index (χ0n) is 15.8. The number of rotatable bonds is 9. The molecule has 0 spiro atoms. The Balaban J connectivity index is 2.12. The van der Waals surface area contributed by atoms with E-state index < -0.39 is 10.8 Å². The minimum Gasteiger partial charge on any atom is -0.496 e. The molecular weight excluding hydrogens is 366 g/mol. The van der Waals surface area contributed by atoms with Crippen LogP contribution in [0, 0.1) is 10.1 Å². The Morgan fingerprint density at radius 1 is 1.18 bits per heavy atom. The first-order chi connectivity index (χ1) is 13.5. The van der Waals surface area contributed by atoms with E-state index in [2.05, 4.69) is 10.5 Å². The van der Waals surface area contributed by atoms with Crippen molar-refractivity contribution in [3.8, 4) is 17.2 Å². The monoisotopic (exact) mass is 387 g/mol. The highest BCUT2D eigenvalue weighted by atomic mass is 16.6. The third-order valence-corrected chi connectivity index (χ3v) is 3.69. The lowest BCUT2D eigenvalue weighted by Crippen LogP contribution is -2.17. The zero-order chi connectivity index (χ0) is 20.5. The van der Waals surface area contributed by atoms with Crippen molar-refractivity contribution in [1.29, 1.82) is 0 Å². The molecule has 0 radical (unpaired) electrons. The molecular formula is C19H21N3O6. The Hall–Kier alpha value is -3.62. The number of hydrazone groups is 1. The first-order valence-corrected chi connectivity index (χ1v) is 8.46. The molecule has 28 heavy (non-hydrogen) atoms. The zero-order valence-corrected chi connectivity index (χ0v) is 15.8. The summed E-state index contributed by atoms with van der Waals surface area (Å²) in [6, 6.07) is 9.28. The normalized spacial score (nSPS) is 10.5. The van der Waals surface area contributed by atoms with Gasteiger partial charge in [-0.15, -0.1) is 0 Å². The molecule has 0 fully saturated rings. The Kier molecular flexibility index (Phi) is 7.32. The molecule has 2 aromatic rings. The Bertz CT molecular complexity index is 865. The van der Waals surface area contributed by atoms with E-state index >= 15 is 0 Å². The number of nitro benzene ring substituents is 1. The van der Waals surface area contributed by atoms with Crippen LogP contribution in [0.25, 0.3) is 0 Å². The van der Waals surface area contributed by atoms with Crippen LogP contribution in [0.2, 0.25) is 0 Å². The fraction of sp³-hybridized carbons (Fsp3) is 0.263. The number of nitro groups is 1. The standard InChI is InChI=1S/C19H21N3O6/c1-4-9-28-15-7-5-13(6-8-15)19(23)21-20-12-14-10-16(22(24)25)18(27-3)11-17(14)26-2/h5-8,10-12H,4,9H2,1-3H3,(H,21,23)/b20-12+. The van der Waals surface area contributed by atoms with Crippen LogP contribution in [0.5, 0.6) is 17.2 Å². The van der Waals surface area contributed by atoms with E-state index in [4.69, 9.17) is 14.2 Å². The summed E-state index contributed by atoms with van der Waals surface area (Å²) >= 11 is 0. The molecule has 9 heteroatoms. The van der Waals surface area contributed by atoms with Gasteiger partial charge in [-0.1, -0.05) is 6.92 Å². The molecule has 0 aliphatic rings. The topological polar surface area (TPSA) is 112 Å². The summed E-state index contributed by atoms with van der Waals surface area (Å²) in [5.41, 5.74) is 2.85. The molecule has 0 atom stereocenters. The third-order valence-electron chi connectivity index (χ3n) is 3.69. The second-order valence-corrected chi connectivity index (χ2v) is 5.60. The van der Waals surface area contributed by atoms with Crippen LogP contribution in [-0.4, -0.2) is 37.9 Å². The average molecular weight is 387 g/mol. The molecule has 1 N–H and O–H groups in total. The largest absolute Gasteiger partial charge is 0.496 e. The molecule has 9 nitrogen and oxygen atoms in total. The van der Waals surface area contributed by atoms with Crippen LogP contribution in [0.4, 0.5) is 5.69 Å². The van der Waals surface area contributed by atoms with Crippen LogP contribution in [0.1, 0.15) is 29.3 Å². The maximum Gasteiger partial charge on any atom is 0.311 e. The lowest BCUT2D eigenvalue weighted by atomic mass is 10.1. The summed E-state index contributed by atoms with van der Waals surface area (Å²) in [6.45, 7) is 2.61. The highest BCUT2D eigenvalue weighted by Gasteiger charge is 2.18. The SMILES string of the molecule is CCCOc1ccc(C(=O)N/N=C/c2cc([N+](=O)[O-])c(OC)cc2OC)cc1. The Morgan fingerprint density at radius 3 is 2.43 bits per heavy atom. The quantitative estimate of drug-likeness (QED) is 0.402. The van der Waals surface area contributed by atoms with Gasteiger partial charge in [-0.2, -0.15) is 5.10 Å². The second-order valence-electron chi connectivity index (χ2n) is 5.60. The summed E-state index contributed by atoms with van der Waals surface area (Å²) in [5, 5.41) is 15.0. The van der Waals surface area contributed by atoms with Gasteiger partial charge in [0.15, 0.2) is 0 Å². The van der Waals surface area contributed by atoms with E-state index in [-0.39, 0.29) is 11.4 Å². The summed E-state index contributed by atoms with van der Waals surface area (Å²) in [4.78, 5) is 22.7. The van der Waals surface area contributed by atoms with Crippen molar-refractivity contribution >= 4 is 17.8 Å². The van der Waals surface area contributed by atoms with E-state index in [0.29, 0.717) is 29.2 Å². The van der Waals surface area contributed by atoms with Gasteiger partial charge in [0.2, 0.25) is 5.75 Å². The number of methoxy groups -OCH3 is 2. The number of amides is 1. The van der Waals surface area contributed by atoms with Crippen molar-refractivity contribution in [2.24, 2.45) is 5.10 Å². The molecule has 0 unspecified atom stereocenters. The van der Waals surface area contributed by atoms with Gasteiger partial charge in [0, 0.05) is 23.3 Å². The van der Waals surface area contributed by atoms with Crippen LogP contribution >= 0.6 is 0 Å². The van der Waals surface area contributed by atoms with Crippen molar-refractivity contribution in [2.45, 2.75) is 13.3 Å². The number of nitrogens with one attached hydrogen (secondary N) is 1. The summed E-state index contributed by atoms with van der Waals surface area (Å²) in [6.07, 6.45) is 2.16. The molecule has 0 heterocycles. The molecule has 1 amide bonds. The van der Waals surface area contributed by atoms with E-state index in [1.165, 1.54) is 32.6 Å². The highest BCUT2D eigenvalue weighted by molar-refractivity contribution is 5.95. The molecule has 0 aliphatic heterocycles. The number of carbonyl (C=O) groups excluding carboxylic acids is 1. The van der Waals surface area contributed by atoms with Gasteiger partial charge in [-0.05, 0) is 30.7 Å². The molecule has 0 bridgehead atoms. The van der Waals surface area contributed by atoms with Crippen molar-refractivity contribution in [1.82, 2.24) is 5.43 Å². The Labute approximate surface area is 162 Å². The lowest BCUT2D eigenvalue weighted by molar-refractivity contribution is -0.385. The van der Waals surface area contributed by atoms with Crippen LogP contribution in [0.15, 0.2) is 41.5 Å². The molecule has 0 aromatic heterocycles. The summed E-state index contributed by atoms with van der Waals surface area (Å²) in [7, 11) is 2.74. The first-order valence-electron chi connectivity index (χ1n) is 8.46. The van der Waals surface area contributed by atoms with Gasteiger partial charge in [0.1, 0.15) is 11.5 Å². The number of ether oxygens (including phenoxy) is 3. The fourth-order valence-corrected chi connectivity index (χ4v) is 2.30. The van der Waals surface area contributed by atoms with Gasteiger partial charge in [-0.3, -0.25) is 14.9 Å². The maximum absolute atomic E-state index is 12.2. The van der Waals surface area contributed by atoms with Crippen LogP contribution in [-0.2, 0) is 0 Å². The number of hydrogen-bond acceptors (Lipinski definition) is 7. The number of hydrogen-bond donors (Lipinski definition) is 1. The number of carbonyl (C=O) groups is 1. The van der Waals surface area contributed by atoms with Crippen molar-refractivity contribution in [3.05, 3.63) is 57.6 Å². The van der Waals surface area contributed by atoms with Gasteiger partial charge in [0.25, 0.3) is 5.91 Å². The van der Waals surface area contributed by atoms with Crippen LogP contribution in [0.3, 0.4) is 0 Å². The third kappa shape index (κ3) is 5.19.